The van der Waals surface area contributed by atoms with Gasteiger partial charge < -0.3 is 29.2 Å². The van der Waals surface area contributed by atoms with E-state index in [1.165, 1.54) is 12.8 Å². The molecule has 6 nitrogen and oxygen atoms in total. The Kier molecular flexibility index (Phi) is 8.74. The van der Waals surface area contributed by atoms with Crippen molar-refractivity contribution in [2.75, 3.05) is 19.8 Å². The largest absolute Gasteiger partial charge is 0.459 e. The molecule has 0 saturated carbocycles. The first kappa shape index (κ1) is 18.5. The van der Waals surface area contributed by atoms with Gasteiger partial charge in [0.15, 0.2) is 6.29 Å². The Morgan fingerprint density at radius 2 is 1.65 bits per heavy atom. The van der Waals surface area contributed by atoms with Crippen LogP contribution >= 0.6 is 0 Å². The summed E-state index contributed by atoms with van der Waals surface area (Å²) in [5, 5.41) is 17.7. The third-order valence-electron chi connectivity index (χ3n) is 4.14. The number of rotatable bonds is 12. The van der Waals surface area contributed by atoms with Crippen LogP contribution in [0.15, 0.2) is 12.0 Å². The normalized spacial score (nSPS) is 26.9. The zero-order valence-corrected chi connectivity index (χ0v) is 13.8. The van der Waals surface area contributed by atoms with E-state index < -0.39 is 0 Å². The summed E-state index contributed by atoms with van der Waals surface area (Å²) in [6.45, 7) is 0.863. The number of hydrogen-bond acceptors (Lipinski definition) is 6. The minimum atomic E-state index is -0.166. The Hall–Kier alpha value is -0.820. The molecule has 3 atom stereocenters. The van der Waals surface area contributed by atoms with Gasteiger partial charge in [0.1, 0.15) is 12.0 Å². The van der Waals surface area contributed by atoms with E-state index in [1.807, 2.05) is 0 Å². The zero-order chi connectivity index (χ0) is 16.3. The van der Waals surface area contributed by atoms with Crippen molar-refractivity contribution in [1.82, 2.24) is 0 Å². The number of aliphatic hydroxyl groups excluding tert-OH is 2. The van der Waals surface area contributed by atoms with Crippen LogP contribution in [0.2, 0.25) is 0 Å². The zero-order valence-electron chi connectivity index (χ0n) is 13.8. The van der Waals surface area contributed by atoms with E-state index in [4.69, 9.17) is 29.2 Å². The van der Waals surface area contributed by atoms with Gasteiger partial charge in [-0.15, -0.1) is 0 Å². The van der Waals surface area contributed by atoms with E-state index in [9.17, 15) is 0 Å². The molecule has 0 aromatic heterocycles. The van der Waals surface area contributed by atoms with Gasteiger partial charge in [0.05, 0.1) is 19.3 Å². The maximum atomic E-state index is 8.86. The molecule has 2 aliphatic rings. The van der Waals surface area contributed by atoms with Crippen molar-refractivity contribution in [2.24, 2.45) is 0 Å². The molecule has 0 aromatic rings. The minimum Gasteiger partial charge on any atom is -0.459 e. The lowest BCUT2D eigenvalue weighted by atomic mass is 10.1. The summed E-state index contributed by atoms with van der Waals surface area (Å²) in [5.41, 5.74) is 0. The molecule has 2 heterocycles. The first-order chi connectivity index (χ1) is 11.3. The first-order valence-electron chi connectivity index (χ1n) is 8.81. The molecule has 2 N–H and O–H groups in total. The van der Waals surface area contributed by atoms with Crippen molar-refractivity contribution in [3.63, 3.8) is 0 Å². The molecule has 134 valence electrons. The van der Waals surface area contributed by atoms with Crippen LogP contribution in [0, 0.1) is 0 Å². The predicted molar refractivity (Wildman–Crippen MR) is 84.4 cm³/mol. The van der Waals surface area contributed by atoms with E-state index >= 15 is 0 Å². The first-order valence-corrected chi connectivity index (χ1v) is 8.81. The van der Waals surface area contributed by atoms with Gasteiger partial charge in [-0.2, -0.15) is 0 Å². The van der Waals surface area contributed by atoms with Crippen molar-refractivity contribution >= 4 is 0 Å². The second-order valence-electron chi connectivity index (χ2n) is 6.12. The van der Waals surface area contributed by atoms with E-state index in [0.717, 1.165) is 37.9 Å². The fourth-order valence-electron chi connectivity index (χ4n) is 2.84. The summed E-state index contributed by atoms with van der Waals surface area (Å²) in [6, 6.07) is 0. The average Bonchev–Trinajstić information content (AvgIpc) is 3.17. The lowest BCUT2D eigenvalue weighted by molar-refractivity contribution is -0.0656. The van der Waals surface area contributed by atoms with Crippen LogP contribution in [0.5, 0.6) is 0 Å². The van der Waals surface area contributed by atoms with Gasteiger partial charge in [-0.25, -0.2) is 0 Å². The number of aliphatic hydroxyl groups is 2. The van der Waals surface area contributed by atoms with Crippen molar-refractivity contribution < 1.29 is 29.2 Å². The van der Waals surface area contributed by atoms with Crippen LogP contribution < -0.4 is 0 Å². The molecule has 2 aliphatic heterocycles. The molecule has 0 radical (unpaired) electrons. The molecular formula is C17H30O6. The predicted octanol–water partition coefficient (Wildman–Crippen LogP) is 2.44. The van der Waals surface area contributed by atoms with Gasteiger partial charge in [-0.05, 0) is 25.7 Å². The van der Waals surface area contributed by atoms with Gasteiger partial charge in [-0.1, -0.05) is 19.3 Å². The highest BCUT2D eigenvalue weighted by Crippen LogP contribution is 2.22. The lowest BCUT2D eigenvalue weighted by Gasteiger charge is -2.12. The van der Waals surface area contributed by atoms with Crippen molar-refractivity contribution in [1.29, 1.82) is 0 Å². The highest BCUT2D eigenvalue weighted by molar-refractivity contribution is 4.92. The summed E-state index contributed by atoms with van der Waals surface area (Å²) in [6.07, 6.45) is 10.2. The Morgan fingerprint density at radius 1 is 0.913 bits per heavy atom. The van der Waals surface area contributed by atoms with Crippen LogP contribution in [-0.4, -0.2) is 48.7 Å². The monoisotopic (exact) mass is 330 g/mol. The van der Waals surface area contributed by atoms with E-state index in [1.54, 1.807) is 6.26 Å². The fourth-order valence-corrected chi connectivity index (χ4v) is 2.84. The topological polar surface area (TPSA) is 77.4 Å². The summed E-state index contributed by atoms with van der Waals surface area (Å²) < 4.78 is 22.2. The van der Waals surface area contributed by atoms with E-state index in [0.29, 0.717) is 19.4 Å². The second-order valence-corrected chi connectivity index (χ2v) is 6.12. The Balaban J connectivity index is 1.38. The Morgan fingerprint density at radius 3 is 2.39 bits per heavy atom. The molecule has 2 rings (SSSR count). The third-order valence-corrected chi connectivity index (χ3v) is 4.14. The average molecular weight is 330 g/mol. The van der Waals surface area contributed by atoms with Crippen LogP contribution in [-0.2, 0) is 18.9 Å². The highest BCUT2D eigenvalue weighted by Gasteiger charge is 2.24. The van der Waals surface area contributed by atoms with Crippen LogP contribution in [0.3, 0.4) is 0 Å². The number of hydrogen-bond donors (Lipinski definition) is 2. The maximum absolute atomic E-state index is 8.86. The summed E-state index contributed by atoms with van der Waals surface area (Å²) in [4.78, 5) is 0. The minimum absolute atomic E-state index is 0.0701. The summed E-state index contributed by atoms with van der Waals surface area (Å²) in [7, 11) is 0. The lowest BCUT2D eigenvalue weighted by Crippen LogP contribution is -2.13. The van der Waals surface area contributed by atoms with Gasteiger partial charge in [0, 0.05) is 19.4 Å². The van der Waals surface area contributed by atoms with E-state index in [2.05, 4.69) is 0 Å². The number of ether oxygens (including phenoxy) is 4. The van der Waals surface area contributed by atoms with Crippen molar-refractivity contribution in [3.8, 4) is 0 Å². The Bertz CT molecular complexity index is 340. The summed E-state index contributed by atoms with van der Waals surface area (Å²) in [5.74, 6) is 0.744. The SMILES string of the molecule is OCCC1=COC(CCCCCCCC2OCC(CCO)O2)O1. The molecule has 0 bridgehead atoms. The van der Waals surface area contributed by atoms with Crippen molar-refractivity contribution in [3.05, 3.63) is 12.0 Å². The molecule has 23 heavy (non-hydrogen) atoms. The summed E-state index contributed by atoms with van der Waals surface area (Å²) >= 11 is 0. The van der Waals surface area contributed by atoms with Gasteiger partial charge >= 0.3 is 0 Å². The number of unbranched alkanes of at least 4 members (excludes halogenated alkanes) is 4. The molecular weight excluding hydrogens is 300 g/mol. The van der Waals surface area contributed by atoms with Gasteiger partial charge in [0.25, 0.3) is 0 Å². The maximum Gasteiger partial charge on any atom is 0.240 e. The standard InChI is InChI=1S/C17H30O6/c18-10-8-14-12-20-16(22-14)6-4-2-1-3-5-7-17-21-13-15(23-17)9-11-19/h12,15-19H,1-11,13H2. The van der Waals surface area contributed by atoms with Crippen LogP contribution in [0.4, 0.5) is 0 Å². The van der Waals surface area contributed by atoms with E-state index in [-0.39, 0.29) is 31.9 Å². The van der Waals surface area contributed by atoms with Crippen LogP contribution in [0.25, 0.3) is 0 Å². The smallest absolute Gasteiger partial charge is 0.240 e. The highest BCUT2D eigenvalue weighted by atomic mass is 16.7. The van der Waals surface area contributed by atoms with Crippen LogP contribution in [0.1, 0.15) is 57.8 Å². The molecule has 1 saturated heterocycles. The quantitative estimate of drug-likeness (QED) is 0.535. The van der Waals surface area contributed by atoms with Gasteiger partial charge in [0.2, 0.25) is 6.29 Å². The molecule has 0 aromatic carbocycles. The Labute approximate surface area is 138 Å². The molecule has 1 fully saturated rings. The third kappa shape index (κ3) is 7.08. The van der Waals surface area contributed by atoms with Crippen molar-refractivity contribution in [2.45, 2.75) is 76.5 Å². The van der Waals surface area contributed by atoms with Gasteiger partial charge in [-0.3, -0.25) is 0 Å². The molecule has 0 spiro atoms. The molecule has 3 unspecified atom stereocenters. The molecule has 6 heteroatoms. The molecule has 0 amide bonds. The second kappa shape index (κ2) is 10.9. The fraction of sp³-hybridized carbons (Fsp3) is 0.882. The molecule has 0 aliphatic carbocycles.